The number of fused-ring (bicyclic) bond motifs is 1. The molecule has 7 heteroatoms. The molecule has 0 spiro atoms. The number of nitrogens with zero attached hydrogens (tertiary/aromatic N) is 4. The van der Waals surface area contributed by atoms with Crippen molar-refractivity contribution in [3.63, 3.8) is 0 Å². The lowest BCUT2D eigenvalue weighted by molar-refractivity contribution is 0.261. The molecule has 0 radical (unpaired) electrons. The lowest BCUT2D eigenvalue weighted by atomic mass is 10.0. The number of hydrogen-bond donors (Lipinski definition) is 2. The summed E-state index contributed by atoms with van der Waals surface area (Å²) in [7, 11) is 0. The number of unbranched alkanes of at least 4 members (excludes halogenated alkanes) is 1. The Morgan fingerprint density at radius 3 is 3.07 bits per heavy atom. The van der Waals surface area contributed by atoms with E-state index in [1.165, 1.54) is 5.56 Å². The maximum atomic E-state index is 5.77. The fraction of sp³-hybridized carbons (Fsp3) is 0.550. The van der Waals surface area contributed by atoms with E-state index >= 15 is 0 Å². The van der Waals surface area contributed by atoms with E-state index < -0.39 is 0 Å². The Bertz CT molecular complexity index is 742. The van der Waals surface area contributed by atoms with Gasteiger partial charge < -0.3 is 19.9 Å². The van der Waals surface area contributed by atoms with E-state index in [1.54, 1.807) is 6.33 Å². The van der Waals surface area contributed by atoms with Gasteiger partial charge in [0.15, 0.2) is 5.96 Å². The van der Waals surface area contributed by atoms with E-state index in [1.807, 2.05) is 12.1 Å². The first-order valence-corrected chi connectivity index (χ1v) is 9.95. The summed E-state index contributed by atoms with van der Waals surface area (Å²) in [5.74, 6) is 2.83. The molecule has 2 aromatic rings. The van der Waals surface area contributed by atoms with Gasteiger partial charge in [0.1, 0.15) is 17.9 Å². The van der Waals surface area contributed by atoms with Crippen molar-refractivity contribution in [1.29, 1.82) is 0 Å². The number of benzene rings is 1. The molecule has 0 saturated carbocycles. The molecule has 146 valence electrons. The van der Waals surface area contributed by atoms with Crippen molar-refractivity contribution in [3.8, 4) is 5.75 Å². The van der Waals surface area contributed by atoms with E-state index in [9.17, 15) is 0 Å². The topological polar surface area (TPSA) is 76.4 Å². The van der Waals surface area contributed by atoms with Gasteiger partial charge in [-0.05, 0) is 12.5 Å². The average molecular weight is 371 g/mol. The first-order valence-electron chi connectivity index (χ1n) is 9.95. The van der Waals surface area contributed by atoms with Crippen molar-refractivity contribution >= 4 is 5.96 Å². The van der Waals surface area contributed by atoms with E-state index in [0.717, 1.165) is 69.5 Å². The van der Waals surface area contributed by atoms with E-state index in [4.69, 9.17) is 9.73 Å². The molecule has 1 aromatic carbocycles. The Morgan fingerprint density at radius 2 is 2.22 bits per heavy atom. The molecule has 1 unspecified atom stereocenters. The summed E-state index contributed by atoms with van der Waals surface area (Å²) in [6, 6.07) is 8.44. The lowest BCUT2D eigenvalue weighted by Crippen LogP contribution is -2.42. The maximum Gasteiger partial charge on any atom is 0.191 e. The van der Waals surface area contributed by atoms with Gasteiger partial charge in [0, 0.05) is 38.0 Å². The number of hydrogen-bond acceptors (Lipinski definition) is 4. The average Bonchev–Trinajstić information content (AvgIpc) is 3.16. The molecule has 1 aromatic heterocycles. The van der Waals surface area contributed by atoms with Gasteiger partial charge in [0.25, 0.3) is 0 Å². The largest absolute Gasteiger partial charge is 0.493 e. The van der Waals surface area contributed by atoms with Crippen LogP contribution >= 0.6 is 0 Å². The Balaban J connectivity index is 1.62. The number of para-hydroxylation sites is 1. The van der Waals surface area contributed by atoms with Crippen molar-refractivity contribution < 1.29 is 4.74 Å². The van der Waals surface area contributed by atoms with Crippen molar-refractivity contribution in [2.45, 2.75) is 52.1 Å². The first kappa shape index (κ1) is 19.2. The molecule has 27 heavy (non-hydrogen) atoms. The molecule has 2 N–H and O–H groups in total. The highest BCUT2D eigenvalue weighted by Gasteiger charge is 2.21. The molecule has 0 bridgehead atoms. The van der Waals surface area contributed by atoms with Crippen molar-refractivity contribution in [2.24, 2.45) is 4.99 Å². The zero-order valence-electron chi connectivity index (χ0n) is 16.3. The normalized spacial score (nSPS) is 16.5. The Hall–Kier alpha value is -2.57. The fourth-order valence-electron chi connectivity index (χ4n) is 3.19. The quantitative estimate of drug-likeness (QED) is 0.424. The lowest BCUT2D eigenvalue weighted by Gasteiger charge is -2.28. The highest BCUT2D eigenvalue weighted by atomic mass is 16.5. The van der Waals surface area contributed by atoms with E-state index in [0.29, 0.717) is 0 Å². The number of guanidine groups is 1. The Morgan fingerprint density at radius 1 is 1.33 bits per heavy atom. The standard InChI is InChI=1S/C20H30N6O/c1-3-5-11-21-20(22-12-13-26-15-23-25-19(26)4-2)24-17-10-14-27-18-9-7-6-8-16(17)18/h6-9,15,17H,3-5,10-14H2,1-2H3,(H2,21,22,24). The number of aliphatic imine (C=N–C) groups is 1. The van der Waals surface area contributed by atoms with Crippen LogP contribution in [0.1, 0.15) is 50.5 Å². The molecule has 1 aliphatic heterocycles. The van der Waals surface area contributed by atoms with Crippen LogP contribution in [-0.2, 0) is 13.0 Å². The van der Waals surface area contributed by atoms with Crippen LogP contribution in [0.4, 0.5) is 0 Å². The van der Waals surface area contributed by atoms with Gasteiger partial charge in [-0.1, -0.05) is 38.5 Å². The molecule has 0 fully saturated rings. The Labute approximate surface area is 161 Å². The summed E-state index contributed by atoms with van der Waals surface area (Å²) < 4.78 is 7.86. The second-order valence-corrected chi connectivity index (χ2v) is 6.68. The van der Waals surface area contributed by atoms with Gasteiger partial charge >= 0.3 is 0 Å². The maximum absolute atomic E-state index is 5.77. The third-order valence-electron chi connectivity index (χ3n) is 4.71. The third kappa shape index (κ3) is 5.21. The van der Waals surface area contributed by atoms with Gasteiger partial charge in [0.2, 0.25) is 0 Å². The minimum Gasteiger partial charge on any atom is -0.493 e. The molecule has 3 rings (SSSR count). The van der Waals surface area contributed by atoms with Crippen molar-refractivity contribution in [3.05, 3.63) is 42.0 Å². The summed E-state index contributed by atoms with van der Waals surface area (Å²) in [5.41, 5.74) is 1.20. The second-order valence-electron chi connectivity index (χ2n) is 6.68. The minimum atomic E-state index is 0.212. The third-order valence-corrected chi connectivity index (χ3v) is 4.71. The monoisotopic (exact) mass is 370 g/mol. The predicted molar refractivity (Wildman–Crippen MR) is 107 cm³/mol. The van der Waals surface area contributed by atoms with E-state index in [2.05, 4.69) is 51.4 Å². The highest BCUT2D eigenvalue weighted by molar-refractivity contribution is 5.80. The minimum absolute atomic E-state index is 0.212. The molecule has 0 amide bonds. The number of aromatic nitrogens is 3. The van der Waals surface area contributed by atoms with Crippen molar-refractivity contribution in [1.82, 2.24) is 25.4 Å². The molecular formula is C20H30N6O. The number of nitrogens with one attached hydrogen (secondary N) is 2. The molecular weight excluding hydrogens is 340 g/mol. The predicted octanol–water partition coefficient (Wildman–Crippen LogP) is 2.70. The van der Waals surface area contributed by atoms with Crippen LogP contribution in [0.25, 0.3) is 0 Å². The Kier molecular flexibility index (Phi) is 7.07. The van der Waals surface area contributed by atoms with Gasteiger partial charge in [-0.2, -0.15) is 0 Å². The zero-order valence-corrected chi connectivity index (χ0v) is 16.3. The van der Waals surface area contributed by atoms with E-state index in [-0.39, 0.29) is 6.04 Å². The zero-order chi connectivity index (χ0) is 18.9. The summed E-state index contributed by atoms with van der Waals surface area (Å²) in [4.78, 5) is 4.76. The molecule has 1 aliphatic rings. The van der Waals surface area contributed by atoms with Crippen LogP contribution in [0.3, 0.4) is 0 Å². The van der Waals surface area contributed by atoms with Crippen LogP contribution in [0.2, 0.25) is 0 Å². The van der Waals surface area contributed by atoms with Crippen LogP contribution in [0.15, 0.2) is 35.6 Å². The van der Waals surface area contributed by atoms with Crippen LogP contribution < -0.4 is 15.4 Å². The summed E-state index contributed by atoms with van der Waals surface area (Å²) in [6.07, 6.45) is 5.82. The smallest absolute Gasteiger partial charge is 0.191 e. The number of aryl methyl sites for hydroxylation is 1. The fourth-order valence-corrected chi connectivity index (χ4v) is 3.19. The number of rotatable bonds is 8. The van der Waals surface area contributed by atoms with Crippen LogP contribution in [0.5, 0.6) is 5.75 Å². The van der Waals surface area contributed by atoms with Gasteiger partial charge in [0.05, 0.1) is 12.6 Å². The van der Waals surface area contributed by atoms with Crippen LogP contribution in [-0.4, -0.2) is 40.4 Å². The van der Waals surface area contributed by atoms with Gasteiger partial charge in [-0.3, -0.25) is 4.99 Å². The molecule has 0 saturated heterocycles. The van der Waals surface area contributed by atoms with Crippen molar-refractivity contribution in [2.75, 3.05) is 19.7 Å². The first-order chi connectivity index (χ1) is 13.3. The second kappa shape index (κ2) is 9.94. The summed E-state index contributed by atoms with van der Waals surface area (Å²) >= 11 is 0. The molecule has 2 heterocycles. The van der Waals surface area contributed by atoms with Crippen LogP contribution in [0, 0.1) is 0 Å². The van der Waals surface area contributed by atoms with Gasteiger partial charge in [-0.15, -0.1) is 10.2 Å². The molecule has 7 nitrogen and oxygen atoms in total. The van der Waals surface area contributed by atoms with Gasteiger partial charge in [-0.25, -0.2) is 0 Å². The molecule has 0 aliphatic carbocycles. The number of ether oxygens (including phenoxy) is 1. The summed E-state index contributed by atoms with van der Waals surface area (Å²) in [6.45, 7) is 7.41. The SMILES string of the molecule is CCCCN=C(NCCn1cnnc1CC)NC1CCOc2ccccc21. The highest BCUT2D eigenvalue weighted by Crippen LogP contribution is 2.31. The molecule has 1 atom stereocenters. The summed E-state index contributed by atoms with van der Waals surface area (Å²) in [5, 5.41) is 15.2.